The number of fused-ring (bicyclic) bond motifs is 1. The fourth-order valence-electron chi connectivity index (χ4n) is 2.02. The molecule has 0 N–H and O–H groups in total. The molecule has 92 valence electrons. The quantitative estimate of drug-likeness (QED) is 0.790. The van der Waals surface area contributed by atoms with Crippen LogP contribution in [0.15, 0.2) is 36.9 Å². The molecule has 3 nitrogen and oxygen atoms in total. The van der Waals surface area contributed by atoms with Crippen LogP contribution in [0.5, 0.6) is 0 Å². The predicted octanol–water partition coefficient (Wildman–Crippen LogP) is 2.97. The smallest absolute Gasteiger partial charge is 0.246 e. The van der Waals surface area contributed by atoms with Gasteiger partial charge in [-0.15, -0.1) is 11.3 Å². The van der Waals surface area contributed by atoms with Crippen LogP contribution in [0, 0.1) is 0 Å². The molecule has 2 aromatic rings. The van der Waals surface area contributed by atoms with Gasteiger partial charge in [-0.25, -0.2) is 4.98 Å². The van der Waals surface area contributed by atoms with Gasteiger partial charge in [-0.1, -0.05) is 18.7 Å². The third-order valence-electron chi connectivity index (χ3n) is 3.09. The van der Waals surface area contributed by atoms with E-state index in [2.05, 4.69) is 17.6 Å². The van der Waals surface area contributed by atoms with Crippen molar-refractivity contribution < 1.29 is 4.79 Å². The average molecular weight is 258 g/mol. The number of nitrogens with zero attached hydrogens (tertiary/aromatic N) is 2. The van der Waals surface area contributed by atoms with Crippen molar-refractivity contribution in [3.8, 4) is 0 Å². The number of hydrogen-bond acceptors (Lipinski definition) is 3. The number of para-hydroxylation sites is 1. The lowest BCUT2D eigenvalue weighted by atomic mass is 10.3. The third-order valence-corrected chi connectivity index (χ3v) is 4.11. The number of rotatable bonds is 4. The van der Waals surface area contributed by atoms with E-state index in [1.54, 1.807) is 11.3 Å². The first-order chi connectivity index (χ1) is 8.78. The van der Waals surface area contributed by atoms with Crippen LogP contribution in [0.3, 0.4) is 0 Å². The number of amides is 1. The van der Waals surface area contributed by atoms with Crippen LogP contribution in [0.2, 0.25) is 0 Å². The normalized spacial score (nSPS) is 14.7. The molecule has 1 heterocycles. The third kappa shape index (κ3) is 2.16. The molecule has 0 saturated heterocycles. The van der Waals surface area contributed by atoms with Crippen LogP contribution in [0.25, 0.3) is 10.2 Å². The molecule has 0 bridgehead atoms. The summed E-state index contributed by atoms with van der Waals surface area (Å²) in [5.74, 6) is 0.0109. The molecule has 1 aromatic heterocycles. The number of hydrogen-bond donors (Lipinski definition) is 0. The zero-order valence-electron chi connectivity index (χ0n) is 10.0. The van der Waals surface area contributed by atoms with Gasteiger partial charge in [-0.2, -0.15) is 0 Å². The summed E-state index contributed by atoms with van der Waals surface area (Å²) in [5, 5.41) is 0.998. The first-order valence-corrected chi connectivity index (χ1v) is 6.87. The molecular formula is C14H14N2OS. The van der Waals surface area contributed by atoms with Crippen molar-refractivity contribution >= 4 is 27.5 Å². The van der Waals surface area contributed by atoms with Gasteiger partial charge < -0.3 is 4.90 Å². The molecule has 0 spiro atoms. The number of benzene rings is 1. The highest BCUT2D eigenvalue weighted by atomic mass is 32.1. The second-order valence-corrected chi connectivity index (χ2v) is 5.59. The van der Waals surface area contributed by atoms with E-state index in [-0.39, 0.29) is 5.91 Å². The van der Waals surface area contributed by atoms with Crippen molar-refractivity contribution in [3.63, 3.8) is 0 Å². The van der Waals surface area contributed by atoms with E-state index in [0.29, 0.717) is 12.6 Å². The SMILES string of the molecule is C=CC(=O)N(Cc1nc2ccccc2s1)C1CC1. The van der Waals surface area contributed by atoms with Crippen molar-refractivity contribution in [1.82, 2.24) is 9.88 Å². The molecule has 4 heteroatoms. The van der Waals surface area contributed by atoms with Gasteiger partial charge in [0.1, 0.15) is 5.01 Å². The maximum atomic E-state index is 11.8. The Hall–Kier alpha value is -1.68. The molecule has 1 aliphatic rings. The Bertz CT molecular complexity index is 568. The highest BCUT2D eigenvalue weighted by Gasteiger charge is 2.31. The lowest BCUT2D eigenvalue weighted by Gasteiger charge is -2.18. The Labute approximate surface area is 110 Å². The topological polar surface area (TPSA) is 33.2 Å². The Morgan fingerprint density at radius 1 is 1.50 bits per heavy atom. The summed E-state index contributed by atoms with van der Waals surface area (Å²) in [4.78, 5) is 18.2. The van der Waals surface area contributed by atoms with Gasteiger partial charge in [-0.3, -0.25) is 4.79 Å². The first-order valence-electron chi connectivity index (χ1n) is 6.05. The largest absolute Gasteiger partial charge is 0.329 e. The highest BCUT2D eigenvalue weighted by Crippen LogP contribution is 2.30. The van der Waals surface area contributed by atoms with E-state index in [1.165, 1.54) is 10.8 Å². The number of carbonyl (C=O) groups excluding carboxylic acids is 1. The van der Waals surface area contributed by atoms with Crippen molar-refractivity contribution in [2.75, 3.05) is 0 Å². The predicted molar refractivity (Wildman–Crippen MR) is 73.4 cm³/mol. The fourth-order valence-corrected chi connectivity index (χ4v) is 2.99. The molecule has 0 unspecified atom stereocenters. The molecule has 1 aromatic carbocycles. The summed E-state index contributed by atoms with van der Waals surface area (Å²) < 4.78 is 1.18. The highest BCUT2D eigenvalue weighted by molar-refractivity contribution is 7.18. The van der Waals surface area contributed by atoms with Gasteiger partial charge in [0.15, 0.2) is 0 Å². The molecular weight excluding hydrogens is 244 g/mol. The summed E-state index contributed by atoms with van der Waals surface area (Å²) in [6.07, 6.45) is 3.60. The van der Waals surface area contributed by atoms with Gasteiger partial charge in [0.25, 0.3) is 0 Å². The van der Waals surface area contributed by atoms with E-state index in [4.69, 9.17) is 0 Å². The van der Waals surface area contributed by atoms with E-state index in [0.717, 1.165) is 23.4 Å². The summed E-state index contributed by atoms with van der Waals surface area (Å²) in [7, 11) is 0. The Morgan fingerprint density at radius 3 is 2.94 bits per heavy atom. The van der Waals surface area contributed by atoms with Crippen LogP contribution in [-0.2, 0) is 11.3 Å². The Kier molecular flexibility index (Phi) is 2.88. The number of thiazole rings is 1. The molecule has 1 saturated carbocycles. The summed E-state index contributed by atoms with van der Waals surface area (Å²) in [6, 6.07) is 8.46. The van der Waals surface area contributed by atoms with Crippen molar-refractivity contribution in [2.45, 2.75) is 25.4 Å². The molecule has 0 aliphatic heterocycles. The van der Waals surface area contributed by atoms with E-state index in [9.17, 15) is 4.79 Å². The number of aromatic nitrogens is 1. The van der Waals surface area contributed by atoms with E-state index < -0.39 is 0 Å². The van der Waals surface area contributed by atoms with Crippen LogP contribution in [-0.4, -0.2) is 21.8 Å². The summed E-state index contributed by atoms with van der Waals surface area (Å²) >= 11 is 1.66. The first kappa shape index (κ1) is 11.4. The second kappa shape index (κ2) is 4.53. The molecule has 0 atom stereocenters. The average Bonchev–Trinajstić information content (AvgIpc) is 3.14. The Morgan fingerprint density at radius 2 is 2.28 bits per heavy atom. The molecule has 0 radical (unpaired) electrons. The van der Waals surface area contributed by atoms with E-state index in [1.807, 2.05) is 23.1 Å². The van der Waals surface area contributed by atoms with Crippen molar-refractivity contribution in [1.29, 1.82) is 0 Å². The monoisotopic (exact) mass is 258 g/mol. The van der Waals surface area contributed by atoms with Crippen LogP contribution in [0.1, 0.15) is 17.8 Å². The fraction of sp³-hybridized carbons (Fsp3) is 0.286. The van der Waals surface area contributed by atoms with Gasteiger partial charge in [0.2, 0.25) is 5.91 Å². The number of carbonyl (C=O) groups is 1. The van der Waals surface area contributed by atoms with Crippen LogP contribution in [0.4, 0.5) is 0 Å². The Balaban J connectivity index is 1.85. The summed E-state index contributed by atoms with van der Waals surface area (Å²) in [6.45, 7) is 4.17. The standard InChI is InChI=1S/C14H14N2OS/c1-2-14(17)16(10-7-8-10)9-13-15-11-5-3-4-6-12(11)18-13/h2-6,10H,1,7-9H2. The maximum Gasteiger partial charge on any atom is 0.246 e. The van der Waals surface area contributed by atoms with Gasteiger partial charge in [0, 0.05) is 6.04 Å². The van der Waals surface area contributed by atoms with Gasteiger partial charge in [-0.05, 0) is 31.1 Å². The minimum atomic E-state index is 0.0109. The van der Waals surface area contributed by atoms with Crippen molar-refractivity contribution in [2.24, 2.45) is 0 Å². The minimum Gasteiger partial charge on any atom is -0.329 e. The van der Waals surface area contributed by atoms with Gasteiger partial charge >= 0.3 is 0 Å². The zero-order valence-corrected chi connectivity index (χ0v) is 10.8. The molecule has 1 fully saturated rings. The lowest BCUT2D eigenvalue weighted by molar-refractivity contribution is -0.127. The van der Waals surface area contributed by atoms with Crippen LogP contribution < -0.4 is 0 Å². The minimum absolute atomic E-state index is 0.0109. The lowest BCUT2D eigenvalue weighted by Crippen LogP contribution is -2.30. The van der Waals surface area contributed by atoms with E-state index >= 15 is 0 Å². The van der Waals surface area contributed by atoms with Crippen molar-refractivity contribution in [3.05, 3.63) is 41.9 Å². The molecule has 18 heavy (non-hydrogen) atoms. The maximum absolute atomic E-state index is 11.8. The second-order valence-electron chi connectivity index (χ2n) is 4.48. The van der Waals surface area contributed by atoms with Crippen LogP contribution >= 0.6 is 11.3 Å². The van der Waals surface area contributed by atoms with Gasteiger partial charge in [0.05, 0.1) is 16.8 Å². The molecule has 1 amide bonds. The zero-order chi connectivity index (χ0) is 12.5. The molecule has 3 rings (SSSR count). The summed E-state index contributed by atoms with van der Waals surface area (Å²) in [5.41, 5.74) is 1.01. The molecule has 1 aliphatic carbocycles.